The van der Waals surface area contributed by atoms with Crippen molar-refractivity contribution in [3.8, 4) is 5.75 Å². The fourth-order valence-electron chi connectivity index (χ4n) is 3.82. The average Bonchev–Trinajstić information content (AvgIpc) is 2.84. The van der Waals surface area contributed by atoms with Gasteiger partial charge in [-0.05, 0) is 18.2 Å². The quantitative estimate of drug-likeness (QED) is 0.374. The molecule has 0 N–H and O–H groups in total. The van der Waals surface area contributed by atoms with Gasteiger partial charge in [-0.3, -0.25) is 4.79 Å². The number of aryl methyl sites for hydroxylation is 1. The third kappa shape index (κ3) is 4.15. The molecule has 1 unspecified atom stereocenters. The number of nitrogens with zero attached hydrogens (tertiary/aromatic N) is 2. The molecule has 1 aliphatic rings. The van der Waals surface area contributed by atoms with Crippen molar-refractivity contribution in [3.05, 3.63) is 104 Å². The molecule has 7 nitrogen and oxygen atoms in total. The summed E-state index contributed by atoms with van der Waals surface area (Å²) in [4.78, 5) is 25.3. The molecule has 0 fully saturated rings. The number of benzene rings is 3. The van der Waals surface area contributed by atoms with E-state index in [1.54, 1.807) is 24.3 Å². The lowest BCUT2D eigenvalue weighted by molar-refractivity contribution is -0.112. The number of esters is 1. The van der Waals surface area contributed by atoms with Crippen LogP contribution in [-0.4, -0.2) is 15.7 Å². The van der Waals surface area contributed by atoms with Crippen LogP contribution in [0.15, 0.2) is 76.0 Å². The molecular weight excluding hydrogens is 488 g/mol. The van der Waals surface area contributed by atoms with Crippen LogP contribution in [0.4, 0.5) is 0 Å². The van der Waals surface area contributed by atoms with Crippen molar-refractivity contribution in [2.24, 2.45) is 7.05 Å². The van der Waals surface area contributed by atoms with E-state index in [2.05, 4.69) is 21.0 Å². The maximum absolute atomic E-state index is 13.0. The minimum absolute atomic E-state index is 0.0268. The van der Waals surface area contributed by atoms with Crippen molar-refractivity contribution in [1.82, 2.24) is 9.78 Å². The molecule has 0 aliphatic carbocycles. The molecule has 0 saturated heterocycles. The Morgan fingerprint density at radius 2 is 1.85 bits per heavy atom. The van der Waals surface area contributed by atoms with Crippen molar-refractivity contribution in [2.45, 2.75) is 19.5 Å². The summed E-state index contributed by atoms with van der Waals surface area (Å²) in [6.45, 7) is 0.337. The fourth-order valence-corrected chi connectivity index (χ4v) is 4.37. The Kier molecular flexibility index (Phi) is 5.70. The first kappa shape index (κ1) is 21.4. The van der Waals surface area contributed by atoms with Crippen LogP contribution in [0.5, 0.6) is 5.75 Å². The third-order valence-corrected chi connectivity index (χ3v) is 5.86. The number of carbonyl (C=O) groups excluding carboxylic acids is 1. The second kappa shape index (κ2) is 8.80. The van der Waals surface area contributed by atoms with Crippen molar-refractivity contribution < 1.29 is 19.0 Å². The molecule has 4 aromatic rings. The van der Waals surface area contributed by atoms with E-state index in [0.717, 1.165) is 20.3 Å². The van der Waals surface area contributed by atoms with E-state index in [4.69, 9.17) is 14.2 Å². The molecule has 0 radical (unpaired) electrons. The lowest BCUT2D eigenvalue weighted by Crippen LogP contribution is -2.24. The van der Waals surface area contributed by atoms with Crippen molar-refractivity contribution in [1.29, 1.82) is 0 Å². The molecule has 8 heteroatoms. The molecule has 5 rings (SSSR count). The number of halogens is 1. The van der Waals surface area contributed by atoms with Crippen LogP contribution in [0.2, 0.25) is 0 Å². The van der Waals surface area contributed by atoms with E-state index >= 15 is 0 Å². The van der Waals surface area contributed by atoms with Crippen LogP contribution in [0.3, 0.4) is 0 Å². The summed E-state index contributed by atoms with van der Waals surface area (Å²) in [7, 11) is 1.51. The average molecular weight is 507 g/mol. The minimum Gasteiger partial charge on any atom is -0.460 e. The first-order valence-electron chi connectivity index (χ1n) is 10.3. The van der Waals surface area contributed by atoms with Gasteiger partial charge in [0.05, 0.1) is 12.0 Å². The van der Waals surface area contributed by atoms with Crippen molar-refractivity contribution in [2.75, 3.05) is 0 Å². The fraction of sp³-hybridized carbons (Fsp3) is 0.160. The lowest BCUT2D eigenvalue weighted by Gasteiger charge is -2.28. The van der Waals surface area contributed by atoms with Crippen LogP contribution >= 0.6 is 15.9 Å². The number of fused-ring (bicyclic) bond motifs is 2. The zero-order valence-corrected chi connectivity index (χ0v) is 19.2. The van der Waals surface area contributed by atoms with E-state index in [1.165, 1.54) is 7.05 Å². The maximum Gasteiger partial charge on any atom is 0.359 e. The second-order valence-electron chi connectivity index (χ2n) is 7.62. The summed E-state index contributed by atoms with van der Waals surface area (Å²) in [6.07, 6.45) is -0.552. The monoisotopic (exact) mass is 506 g/mol. The van der Waals surface area contributed by atoms with Crippen LogP contribution in [0.1, 0.15) is 33.5 Å². The maximum atomic E-state index is 13.0. The number of hydrogen-bond donors (Lipinski definition) is 0. The highest BCUT2D eigenvalue weighted by molar-refractivity contribution is 9.10. The van der Waals surface area contributed by atoms with Gasteiger partial charge in [0.2, 0.25) is 6.29 Å². The Balaban J connectivity index is 1.43. The first-order valence-corrected chi connectivity index (χ1v) is 11.1. The molecular formula is C25H19BrN2O5. The Bertz CT molecular complexity index is 1420. The molecule has 0 saturated carbocycles. The van der Waals surface area contributed by atoms with Crippen molar-refractivity contribution in [3.63, 3.8) is 0 Å². The van der Waals surface area contributed by atoms with Gasteiger partial charge in [-0.1, -0.05) is 64.5 Å². The number of rotatable bonds is 4. The molecule has 1 aromatic heterocycles. The van der Waals surface area contributed by atoms with Crippen LogP contribution in [0.25, 0.3) is 10.8 Å². The third-order valence-electron chi connectivity index (χ3n) is 5.40. The summed E-state index contributed by atoms with van der Waals surface area (Å²) < 4.78 is 19.6. The topological polar surface area (TPSA) is 79.7 Å². The number of ether oxygens (including phenoxy) is 3. The van der Waals surface area contributed by atoms with E-state index in [1.807, 2.05) is 42.5 Å². The standard InChI is InChI=1S/C25H19BrN2O5/c1-28-23(29)20-10-6-5-9-19(20)21(27-28)24(30)31-13-16-11-18(26)12-17-14-32-25(33-22(16)17)15-7-3-2-4-8-15/h2-12,25H,13-14H2,1H3. The van der Waals surface area contributed by atoms with E-state index < -0.39 is 12.3 Å². The largest absolute Gasteiger partial charge is 0.460 e. The zero-order valence-electron chi connectivity index (χ0n) is 17.7. The Hall–Kier alpha value is -3.49. The van der Waals surface area contributed by atoms with Gasteiger partial charge in [0.25, 0.3) is 5.56 Å². The molecule has 0 amide bonds. The van der Waals surface area contributed by atoms with Crippen LogP contribution < -0.4 is 10.3 Å². The first-order chi connectivity index (χ1) is 16.0. The summed E-state index contributed by atoms with van der Waals surface area (Å²) in [6, 6.07) is 20.3. The van der Waals surface area contributed by atoms with Gasteiger partial charge in [0, 0.05) is 33.6 Å². The Morgan fingerprint density at radius 1 is 1.12 bits per heavy atom. The predicted octanol–water partition coefficient (Wildman–Crippen LogP) is 4.66. The highest BCUT2D eigenvalue weighted by atomic mass is 79.9. The second-order valence-corrected chi connectivity index (χ2v) is 8.54. The van der Waals surface area contributed by atoms with Gasteiger partial charge in [-0.25, -0.2) is 9.48 Å². The molecule has 3 aromatic carbocycles. The van der Waals surface area contributed by atoms with Gasteiger partial charge in [-0.15, -0.1) is 0 Å². The zero-order chi connectivity index (χ0) is 22.9. The van der Waals surface area contributed by atoms with E-state index in [-0.39, 0.29) is 17.9 Å². The summed E-state index contributed by atoms with van der Waals surface area (Å²) in [5.41, 5.74) is 2.26. The van der Waals surface area contributed by atoms with Crippen LogP contribution in [0, 0.1) is 0 Å². The molecule has 0 spiro atoms. The highest BCUT2D eigenvalue weighted by Crippen LogP contribution is 2.38. The Labute approximate surface area is 197 Å². The Morgan fingerprint density at radius 3 is 2.64 bits per heavy atom. The van der Waals surface area contributed by atoms with E-state index in [0.29, 0.717) is 28.7 Å². The normalized spacial score (nSPS) is 15.0. The summed E-state index contributed by atoms with van der Waals surface area (Å²) in [5, 5.41) is 5.00. The summed E-state index contributed by atoms with van der Waals surface area (Å²) in [5.74, 6) is 0.00609. The predicted molar refractivity (Wildman–Crippen MR) is 125 cm³/mol. The number of carbonyl (C=O) groups is 1. The molecule has 166 valence electrons. The minimum atomic E-state index is -0.623. The van der Waals surface area contributed by atoms with Gasteiger partial charge in [0.1, 0.15) is 12.4 Å². The number of hydrogen-bond acceptors (Lipinski definition) is 6. The highest BCUT2D eigenvalue weighted by Gasteiger charge is 2.26. The van der Waals surface area contributed by atoms with Gasteiger partial charge in [0.15, 0.2) is 5.69 Å². The number of aromatic nitrogens is 2. The van der Waals surface area contributed by atoms with Gasteiger partial charge in [-0.2, -0.15) is 5.10 Å². The van der Waals surface area contributed by atoms with Gasteiger partial charge >= 0.3 is 5.97 Å². The smallest absolute Gasteiger partial charge is 0.359 e. The lowest BCUT2D eigenvalue weighted by atomic mass is 10.1. The summed E-state index contributed by atoms with van der Waals surface area (Å²) >= 11 is 3.50. The molecule has 1 atom stereocenters. The SMILES string of the molecule is Cn1nc(C(=O)OCc2cc(Br)cc3c2OC(c2ccccc2)OC3)c2ccccc2c1=O. The van der Waals surface area contributed by atoms with E-state index in [9.17, 15) is 9.59 Å². The molecule has 0 bridgehead atoms. The molecule has 1 aliphatic heterocycles. The van der Waals surface area contributed by atoms with Gasteiger partial charge < -0.3 is 14.2 Å². The molecule has 2 heterocycles. The van der Waals surface area contributed by atoms with Crippen LogP contribution in [-0.2, 0) is 29.7 Å². The molecule has 33 heavy (non-hydrogen) atoms. The van der Waals surface area contributed by atoms with Crippen molar-refractivity contribution >= 4 is 32.7 Å².